The molecule has 1 aliphatic rings. The molecule has 0 N–H and O–H groups in total. The molecular weight excluding hydrogens is 346 g/mol. The summed E-state index contributed by atoms with van der Waals surface area (Å²) in [5, 5.41) is 0. The molecule has 2 aromatic carbocycles. The van der Waals surface area contributed by atoms with Crippen molar-refractivity contribution in [2.24, 2.45) is 4.99 Å². The molecule has 0 fully saturated rings. The lowest BCUT2D eigenvalue weighted by atomic mass is 10.2. The summed E-state index contributed by atoms with van der Waals surface area (Å²) in [6, 6.07) is 14.9. The van der Waals surface area contributed by atoms with Crippen molar-refractivity contribution in [3.8, 4) is 5.75 Å². The Labute approximate surface area is 136 Å². The zero-order valence-electron chi connectivity index (χ0n) is 11.7. The van der Waals surface area contributed by atoms with E-state index in [4.69, 9.17) is 9.47 Å². The van der Waals surface area contributed by atoms with Crippen LogP contribution in [0, 0.1) is 0 Å². The molecule has 0 radical (unpaired) electrons. The Balaban J connectivity index is 1.95. The molecule has 0 spiro atoms. The van der Waals surface area contributed by atoms with E-state index in [9.17, 15) is 4.79 Å². The SMILES string of the molecule is COc1ccc(C2=N/C(=C\c3ccccc3)C(=O)O2)c(Br)c1. The normalized spacial score (nSPS) is 15.6. The number of aliphatic imine (C=N–C) groups is 1. The van der Waals surface area contributed by atoms with E-state index in [0.29, 0.717) is 11.3 Å². The molecule has 5 heteroatoms. The van der Waals surface area contributed by atoms with Crippen LogP contribution >= 0.6 is 15.9 Å². The molecule has 0 saturated heterocycles. The first-order valence-corrected chi connectivity index (χ1v) is 7.38. The minimum absolute atomic E-state index is 0.279. The van der Waals surface area contributed by atoms with E-state index >= 15 is 0 Å². The lowest BCUT2D eigenvalue weighted by Gasteiger charge is -2.05. The number of halogens is 1. The predicted octanol–water partition coefficient (Wildman–Crippen LogP) is 3.80. The Morgan fingerprint density at radius 3 is 2.64 bits per heavy atom. The average Bonchev–Trinajstić information content (AvgIpc) is 2.89. The van der Waals surface area contributed by atoms with Crippen LogP contribution in [0.4, 0.5) is 0 Å². The van der Waals surface area contributed by atoms with Gasteiger partial charge in [0, 0.05) is 4.47 Å². The fourth-order valence-electron chi connectivity index (χ4n) is 2.03. The standard InChI is InChI=1S/C17H12BrNO3/c1-21-12-7-8-13(14(18)10-12)16-19-15(17(20)22-16)9-11-5-3-2-4-6-11/h2-10H,1H3/b15-9-. The topological polar surface area (TPSA) is 47.9 Å². The van der Waals surface area contributed by atoms with Crippen LogP contribution in [0.2, 0.25) is 0 Å². The molecule has 0 aromatic heterocycles. The molecule has 3 rings (SSSR count). The molecule has 0 aliphatic carbocycles. The lowest BCUT2D eigenvalue weighted by molar-refractivity contribution is -0.129. The summed E-state index contributed by atoms with van der Waals surface area (Å²) < 4.78 is 11.2. The summed E-state index contributed by atoms with van der Waals surface area (Å²) in [6.45, 7) is 0. The summed E-state index contributed by atoms with van der Waals surface area (Å²) in [5.74, 6) is 0.531. The van der Waals surface area contributed by atoms with Gasteiger partial charge in [-0.1, -0.05) is 30.3 Å². The third-order valence-electron chi connectivity index (χ3n) is 3.13. The van der Waals surface area contributed by atoms with E-state index in [0.717, 1.165) is 10.0 Å². The molecule has 0 bridgehead atoms. The third kappa shape index (κ3) is 2.94. The van der Waals surface area contributed by atoms with Gasteiger partial charge in [-0.05, 0) is 45.8 Å². The highest BCUT2D eigenvalue weighted by atomic mass is 79.9. The number of carbonyl (C=O) groups excluding carboxylic acids is 1. The first kappa shape index (κ1) is 14.5. The van der Waals surface area contributed by atoms with Gasteiger partial charge in [0.25, 0.3) is 0 Å². The van der Waals surface area contributed by atoms with Gasteiger partial charge in [0.1, 0.15) is 5.75 Å². The largest absolute Gasteiger partial charge is 0.497 e. The van der Waals surface area contributed by atoms with Crippen LogP contribution in [0.5, 0.6) is 5.75 Å². The molecule has 22 heavy (non-hydrogen) atoms. The van der Waals surface area contributed by atoms with Gasteiger partial charge in [-0.3, -0.25) is 0 Å². The number of methoxy groups -OCH3 is 1. The fourth-order valence-corrected chi connectivity index (χ4v) is 2.56. The van der Waals surface area contributed by atoms with Crippen LogP contribution < -0.4 is 4.74 Å². The van der Waals surface area contributed by atoms with Crippen LogP contribution in [0.1, 0.15) is 11.1 Å². The Hall–Kier alpha value is -2.40. The van der Waals surface area contributed by atoms with E-state index in [1.54, 1.807) is 31.4 Å². The van der Waals surface area contributed by atoms with Crippen LogP contribution in [0.15, 0.2) is 63.7 Å². The number of ether oxygens (including phenoxy) is 2. The number of nitrogens with zero attached hydrogens (tertiary/aromatic N) is 1. The number of esters is 1. The van der Waals surface area contributed by atoms with Crippen molar-refractivity contribution in [3.63, 3.8) is 0 Å². The fraction of sp³-hybridized carbons (Fsp3) is 0.0588. The Morgan fingerprint density at radius 2 is 1.95 bits per heavy atom. The Morgan fingerprint density at radius 1 is 1.18 bits per heavy atom. The Kier molecular flexibility index (Phi) is 4.06. The number of rotatable bonds is 3. The van der Waals surface area contributed by atoms with Gasteiger partial charge in [-0.2, -0.15) is 0 Å². The van der Waals surface area contributed by atoms with Crippen molar-refractivity contribution in [1.29, 1.82) is 0 Å². The summed E-state index contributed by atoms with van der Waals surface area (Å²) in [6.07, 6.45) is 1.70. The molecule has 0 unspecified atom stereocenters. The maximum atomic E-state index is 12.0. The molecule has 1 aliphatic heterocycles. The van der Waals surface area contributed by atoms with E-state index in [-0.39, 0.29) is 11.6 Å². The molecule has 4 nitrogen and oxygen atoms in total. The van der Waals surface area contributed by atoms with Gasteiger partial charge in [0.15, 0.2) is 5.70 Å². The van der Waals surface area contributed by atoms with Crippen molar-refractivity contribution in [3.05, 3.63) is 69.8 Å². The maximum Gasteiger partial charge on any atom is 0.363 e. The number of hydrogen-bond donors (Lipinski definition) is 0. The Bertz CT molecular complexity index is 782. The summed E-state index contributed by atoms with van der Waals surface area (Å²) in [5.41, 5.74) is 1.88. The smallest absolute Gasteiger partial charge is 0.363 e. The number of hydrogen-bond acceptors (Lipinski definition) is 4. The number of carbonyl (C=O) groups is 1. The maximum absolute atomic E-state index is 12.0. The van der Waals surface area contributed by atoms with E-state index in [1.807, 2.05) is 30.3 Å². The average molecular weight is 358 g/mol. The van der Waals surface area contributed by atoms with E-state index < -0.39 is 5.97 Å². The van der Waals surface area contributed by atoms with Gasteiger partial charge < -0.3 is 9.47 Å². The van der Waals surface area contributed by atoms with Gasteiger partial charge in [-0.25, -0.2) is 9.79 Å². The summed E-state index contributed by atoms with van der Waals surface area (Å²) in [4.78, 5) is 16.2. The summed E-state index contributed by atoms with van der Waals surface area (Å²) in [7, 11) is 1.59. The van der Waals surface area contributed by atoms with E-state index in [2.05, 4.69) is 20.9 Å². The molecule has 0 amide bonds. The molecule has 110 valence electrons. The first-order valence-electron chi connectivity index (χ1n) is 6.59. The number of cyclic esters (lactones) is 1. The zero-order valence-corrected chi connectivity index (χ0v) is 13.3. The van der Waals surface area contributed by atoms with Gasteiger partial charge in [0.05, 0.1) is 12.7 Å². The summed E-state index contributed by atoms with van der Waals surface area (Å²) >= 11 is 3.43. The molecular formula is C17H12BrNO3. The number of benzene rings is 2. The molecule has 1 heterocycles. The van der Waals surface area contributed by atoms with Crippen LogP contribution in [0.25, 0.3) is 6.08 Å². The van der Waals surface area contributed by atoms with Crippen molar-refractivity contribution in [2.45, 2.75) is 0 Å². The zero-order chi connectivity index (χ0) is 15.5. The monoisotopic (exact) mass is 357 g/mol. The van der Waals surface area contributed by atoms with Crippen molar-refractivity contribution in [2.75, 3.05) is 7.11 Å². The second-order valence-corrected chi connectivity index (χ2v) is 5.45. The van der Waals surface area contributed by atoms with Crippen LogP contribution in [-0.2, 0) is 9.53 Å². The molecule has 0 saturated carbocycles. The van der Waals surface area contributed by atoms with Crippen LogP contribution in [0.3, 0.4) is 0 Å². The quantitative estimate of drug-likeness (QED) is 0.619. The van der Waals surface area contributed by atoms with E-state index in [1.165, 1.54) is 0 Å². The van der Waals surface area contributed by atoms with Gasteiger partial charge >= 0.3 is 5.97 Å². The highest BCUT2D eigenvalue weighted by molar-refractivity contribution is 9.10. The highest BCUT2D eigenvalue weighted by Gasteiger charge is 2.25. The second kappa shape index (κ2) is 6.15. The highest BCUT2D eigenvalue weighted by Crippen LogP contribution is 2.27. The molecule has 2 aromatic rings. The first-order chi connectivity index (χ1) is 10.7. The minimum atomic E-state index is -0.457. The predicted molar refractivity (Wildman–Crippen MR) is 87.7 cm³/mol. The van der Waals surface area contributed by atoms with Crippen molar-refractivity contribution < 1.29 is 14.3 Å². The minimum Gasteiger partial charge on any atom is -0.497 e. The third-order valence-corrected chi connectivity index (χ3v) is 3.79. The molecule has 0 atom stereocenters. The van der Waals surface area contributed by atoms with Gasteiger partial charge in [0.2, 0.25) is 5.90 Å². The van der Waals surface area contributed by atoms with Crippen molar-refractivity contribution >= 4 is 33.9 Å². The van der Waals surface area contributed by atoms with Gasteiger partial charge in [-0.15, -0.1) is 0 Å². The second-order valence-electron chi connectivity index (χ2n) is 4.59. The van der Waals surface area contributed by atoms with Crippen LogP contribution in [-0.4, -0.2) is 19.0 Å². The lowest BCUT2D eigenvalue weighted by Crippen LogP contribution is -2.06. The van der Waals surface area contributed by atoms with Crippen molar-refractivity contribution in [1.82, 2.24) is 0 Å².